The number of fused-ring (bicyclic) bond motifs is 1. The molecule has 3 amide bonds. The second kappa shape index (κ2) is 6.16. The minimum Gasteiger partial charge on any atom is -0.375 e. The van der Waals surface area contributed by atoms with Gasteiger partial charge in [-0.15, -0.1) is 0 Å². The molecular weight excluding hydrogens is 282 g/mol. The molecule has 3 fully saturated rings. The van der Waals surface area contributed by atoms with Crippen LogP contribution in [-0.4, -0.2) is 65.7 Å². The first-order valence-electron chi connectivity index (χ1n) is 8.49. The number of imide groups is 1. The molecule has 2 heterocycles. The van der Waals surface area contributed by atoms with Crippen molar-refractivity contribution < 1.29 is 14.3 Å². The fourth-order valence-corrected chi connectivity index (χ4v) is 3.91. The van der Waals surface area contributed by atoms with E-state index in [1.165, 1.54) is 30.6 Å². The maximum atomic E-state index is 12.2. The number of ether oxygens (including phenoxy) is 1. The lowest BCUT2D eigenvalue weighted by atomic mass is 9.90. The van der Waals surface area contributed by atoms with Crippen LogP contribution in [-0.2, 0) is 9.53 Å². The third kappa shape index (κ3) is 2.99. The standard InChI is InChI=1S/C16H27N3O3/c1-16(2)14(20)19(15(21)17-16)9-5-8-18-10-11-22-13-7-4-3-6-12(13)18/h12-13H,3-11H2,1-2H3,(H,17,21)/t12-,13-/m1/s1. The molecule has 0 bridgehead atoms. The zero-order valence-corrected chi connectivity index (χ0v) is 13.6. The minimum absolute atomic E-state index is 0.116. The number of rotatable bonds is 4. The van der Waals surface area contributed by atoms with Crippen LogP contribution in [0.5, 0.6) is 0 Å². The molecule has 0 unspecified atom stereocenters. The molecule has 0 aromatic heterocycles. The number of nitrogens with zero attached hydrogens (tertiary/aromatic N) is 2. The van der Waals surface area contributed by atoms with Crippen LogP contribution in [0.1, 0.15) is 46.0 Å². The summed E-state index contributed by atoms with van der Waals surface area (Å²) in [7, 11) is 0. The zero-order chi connectivity index (χ0) is 15.7. The number of urea groups is 1. The summed E-state index contributed by atoms with van der Waals surface area (Å²) in [6.07, 6.45) is 6.15. The molecule has 2 aliphatic heterocycles. The Morgan fingerprint density at radius 3 is 2.73 bits per heavy atom. The van der Waals surface area contributed by atoms with Gasteiger partial charge in [-0.25, -0.2) is 4.79 Å². The summed E-state index contributed by atoms with van der Waals surface area (Å²) < 4.78 is 5.88. The van der Waals surface area contributed by atoms with Crippen molar-refractivity contribution in [1.29, 1.82) is 0 Å². The number of nitrogens with one attached hydrogen (secondary N) is 1. The summed E-state index contributed by atoms with van der Waals surface area (Å²) in [5, 5.41) is 2.73. The Morgan fingerprint density at radius 2 is 2.00 bits per heavy atom. The lowest BCUT2D eigenvalue weighted by molar-refractivity contribution is -0.130. The molecular formula is C16H27N3O3. The van der Waals surface area contributed by atoms with Gasteiger partial charge in [-0.05, 0) is 33.1 Å². The largest absolute Gasteiger partial charge is 0.375 e. The summed E-state index contributed by atoms with van der Waals surface area (Å²) in [6.45, 7) is 6.71. The molecule has 0 aromatic rings. The molecule has 2 atom stereocenters. The Labute approximate surface area is 132 Å². The van der Waals surface area contributed by atoms with E-state index in [2.05, 4.69) is 10.2 Å². The van der Waals surface area contributed by atoms with Crippen molar-refractivity contribution in [3.8, 4) is 0 Å². The van der Waals surface area contributed by atoms with Crippen LogP contribution in [0.15, 0.2) is 0 Å². The number of carbonyl (C=O) groups excluding carboxylic acids is 2. The highest BCUT2D eigenvalue weighted by atomic mass is 16.5. The molecule has 0 aromatic carbocycles. The average Bonchev–Trinajstić information content (AvgIpc) is 2.69. The summed E-state index contributed by atoms with van der Waals surface area (Å²) in [5.74, 6) is -0.116. The number of morpholine rings is 1. The summed E-state index contributed by atoms with van der Waals surface area (Å²) in [4.78, 5) is 27.9. The predicted octanol–water partition coefficient (Wildman–Crippen LogP) is 1.35. The molecule has 2 saturated heterocycles. The van der Waals surface area contributed by atoms with Gasteiger partial charge in [0.15, 0.2) is 0 Å². The minimum atomic E-state index is -0.759. The second-order valence-electron chi connectivity index (χ2n) is 7.16. The predicted molar refractivity (Wildman–Crippen MR) is 82.5 cm³/mol. The van der Waals surface area contributed by atoms with Gasteiger partial charge in [-0.1, -0.05) is 12.8 Å². The molecule has 1 saturated carbocycles. The highest BCUT2D eigenvalue weighted by Crippen LogP contribution is 2.28. The first-order chi connectivity index (χ1) is 10.5. The average molecular weight is 309 g/mol. The maximum absolute atomic E-state index is 12.2. The molecule has 0 spiro atoms. The SMILES string of the molecule is CC1(C)NC(=O)N(CCCN2CCO[C@@H]3CCCC[C@H]32)C1=O. The highest BCUT2D eigenvalue weighted by Gasteiger charge is 2.44. The Balaban J connectivity index is 1.50. The van der Waals surface area contributed by atoms with Crippen LogP contribution in [0.25, 0.3) is 0 Å². The lowest BCUT2D eigenvalue weighted by Gasteiger charge is -2.44. The maximum Gasteiger partial charge on any atom is 0.325 e. The van der Waals surface area contributed by atoms with Crippen molar-refractivity contribution in [3.63, 3.8) is 0 Å². The fraction of sp³-hybridized carbons (Fsp3) is 0.875. The van der Waals surface area contributed by atoms with Gasteiger partial charge in [0.25, 0.3) is 5.91 Å². The number of hydrogen-bond donors (Lipinski definition) is 1. The van der Waals surface area contributed by atoms with E-state index in [0.29, 0.717) is 18.7 Å². The Bertz CT molecular complexity index is 450. The Kier molecular flexibility index (Phi) is 4.41. The van der Waals surface area contributed by atoms with E-state index in [1.807, 2.05) is 0 Å². The van der Waals surface area contributed by atoms with Crippen molar-refractivity contribution in [1.82, 2.24) is 15.1 Å². The highest BCUT2D eigenvalue weighted by molar-refractivity contribution is 6.06. The first kappa shape index (κ1) is 15.7. The van der Waals surface area contributed by atoms with Gasteiger partial charge in [-0.2, -0.15) is 0 Å². The molecule has 3 rings (SSSR count). The summed E-state index contributed by atoms with van der Waals surface area (Å²) in [6, 6.07) is 0.273. The molecule has 1 N–H and O–H groups in total. The lowest BCUT2D eigenvalue weighted by Crippen LogP contribution is -2.53. The second-order valence-corrected chi connectivity index (χ2v) is 7.16. The van der Waals surface area contributed by atoms with E-state index < -0.39 is 5.54 Å². The van der Waals surface area contributed by atoms with Crippen molar-refractivity contribution in [2.75, 3.05) is 26.2 Å². The Hall–Kier alpha value is -1.14. The van der Waals surface area contributed by atoms with Gasteiger partial charge < -0.3 is 10.1 Å². The van der Waals surface area contributed by atoms with Crippen LogP contribution < -0.4 is 5.32 Å². The van der Waals surface area contributed by atoms with E-state index in [4.69, 9.17) is 4.74 Å². The van der Waals surface area contributed by atoms with Crippen molar-refractivity contribution in [3.05, 3.63) is 0 Å². The van der Waals surface area contributed by atoms with Crippen molar-refractivity contribution >= 4 is 11.9 Å². The van der Waals surface area contributed by atoms with E-state index >= 15 is 0 Å². The van der Waals surface area contributed by atoms with Crippen LogP contribution in [0.3, 0.4) is 0 Å². The van der Waals surface area contributed by atoms with Crippen molar-refractivity contribution in [2.24, 2.45) is 0 Å². The summed E-state index contributed by atoms with van der Waals surface area (Å²) >= 11 is 0. The Morgan fingerprint density at radius 1 is 1.23 bits per heavy atom. The van der Waals surface area contributed by atoms with E-state index in [0.717, 1.165) is 26.1 Å². The van der Waals surface area contributed by atoms with Crippen LogP contribution >= 0.6 is 0 Å². The molecule has 1 aliphatic carbocycles. The molecule has 6 nitrogen and oxygen atoms in total. The molecule has 22 heavy (non-hydrogen) atoms. The quantitative estimate of drug-likeness (QED) is 0.796. The van der Waals surface area contributed by atoms with Crippen LogP contribution in [0.4, 0.5) is 4.79 Å². The van der Waals surface area contributed by atoms with E-state index in [1.54, 1.807) is 13.8 Å². The summed E-state index contributed by atoms with van der Waals surface area (Å²) in [5.41, 5.74) is -0.759. The molecule has 0 radical (unpaired) electrons. The van der Waals surface area contributed by atoms with Crippen molar-refractivity contribution in [2.45, 2.75) is 63.6 Å². The molecule has 3 aliphatic rings. The monoisotopic (exact) mass is 309 g/mol. The van der Waals surface area contributed by atoms with Gasteiger partial charge in [0, 0.05) is 25.7 Å². The number of hydrogen-bond acceptors (Lipinski definition) is 4. The van der Waals surface area contributed by atoms with Crippen LogP contribution in [0.2, 0.25) is 0 Å². The van der Waals surface area contributed by atoms with Gasteiger partial charge in [-0.3, -0.25) is 14.6 Å². The number of amides is 3. The van der Waals surface area contributed by atoms with Gasteiger partial charge in [0.1, 0.15) is 5.54 Å². The smallest absolute Gasteiger partial charge is 0.325 e. The normalized spacial score (nSPS) is 32.0. The van der Waals surface area contributed by atoms with Crippen LogP contribution in [0, 0.1) is 0 Å². The van der Waals surface area contributed by atoms with E-state index in [-0.39, 0.29) is 11.9 Å². The third-order valence-electron chi connectivity index (χ3n) is 5.12. The number of carbonyl (C=O) groups is 2. The van der Waals surface area contributed by atoms with Gasteiger partial charge in [0.05, 0.1) is 12.7 Å². The van der Waals surface area contributed by atoms with Gasteiger partial charge in [0.2, 0.25) is 0 Å². The zero-order valence-electron chi connectivity index (χ0n) is 13.6. The van der Waals surface area contributed by atoms with Gasteiger partial charge >= 0.3 is 6.03 Å². The first-order valence-corrected chi connectivity index (χ1v) is 8.49. The topological polar surface area (TPSA) is 61.9 Å². The molecule has 124 valence electrons. The van der Waals surface area contributed by atoms with E-state index in [9.17, 15) is 9.59 Å². The molecule has 6 heteroatoms. The third-order valence-corrected chi connectivity index (χ3v) is 5.12. The fourth-order valence-electron chi connectivity index (χ4n) is 3.91.